The van der Waals surface area contributed by atoms with Crippen LogP contribution in [0, 0.1) is 6.92 Å². The largest absolute Gasteiger partial charge is 0.481 e. The van der Waals surface area contributed by atoms with Gasteiger partial charge in [0.05, 0.1) is 11.8 Å². The number of carbonyl (C=O) groups excluding carboxylic acids is 1. The van der Waals surface area contributed by atoms with E-state index < -0.39 is 11.4 Å². The molecule has 0 aromatic heterocycles. The van der Waals surface area contributed by atoms with E-state index in [0.29, 0.717) is 37.3 Å². The lowest BCUT2D eigenvalue weighted by Gasteiger charge is -2.36. The van der Waals surface area contributed by atoms with Crippen LogP contribution in [-0.4, -0.2) is 30.2 Å². The fourth-order valence-electron chi connectivity index (χ4n) is 3.37. The molecule has 0 radical (unpaired) electrons. The number of aryl methyl sites for hydroxylation is 1. The normalized spacial score (nSPS) is 16.0. The quantitative estimate of drug-likeness (QED) is 0.865. The summed E-state index contributed by atoms with van der Waals surface area (Å²) in [5.74, 6) is -0.919. The maximum absolute atomic E-state index is 13.2. The number of nitrogens with one attached hydrogen (secondary N) is 1. The van der Waals surface area contributed by atoms with Crippen LogP contribution in [0.25, 0.3) is 0 Å². The van der Waals surface area contributed by atoms with Gasteiger partial charge >= 0.3 is 5.97 Å². The third kappa shape index (κ3) is 3.94. The summed E-state index contributed by atoms with van der Waals surface area (Å²) in [6.07, 6.45) is 1.25. The number of rotatable bonds is 5. The van der Waals surface area contributed by atoms with Crippen molar-refractivity contribution in [2.24, 2.45) is 0 Å². The Balaban J connectivity index is 1.82. The molecule has 0 saturated carbocycles. The molecule has 26 heavy (non-hydrogen) atoms. The maximum Gasteiger partial charge on any atom is 0.307 e. The Labute approximate surface area is 153 Å². The summed E-state index contributed by atoms with van der Waals surface area (Å²) in [6.45, 7) is 3.14. The van der Waals surface area contributed by atoms with Crippen LogP contribution in [0.4, 0.5) is 5.69 Å². The van der Waals surface area contributed by atoms with Gasteiger partial charge in [0.25, 0.3) is 0 Å². The van der Waals surface area contributed by atoms with E-state index in [9.17, 15) is 9.59 Å². The molecule has 1 aliphatic rings. The molecular weight excluding hydrogens is 330 g/mol. The number of benzene rings is 2. The lowest BCUT2D eigenvalue weighted by Crippen LogP contribution is -2.44. The van der Waals surface area contributed by atoms with Gasteiger partial charge in [0, 0.05) is 18.9 Å². The van der Waals surface area contributed by atoms with Crippen LogP contribution in [0.15, 0.2) is 48.5 Å². The minimum Gasteiger partial charge on any atom is -0.481 e. The lowest BCUT2D eigenvalue weighted by molar-refractivity contribution is -0.136. The van der Waals surface area contributed by atoms with E-state index in [1.807, 2.05) is 31.2 Å². The summed E-state index contributed by atoms with van der Waals surface area (Å²) in [5, 5.41) is 11.9. The Morgan fingerprint density at radius 1 is 1.04 bits per heavy atom. The third-order valence-electron chi connectivity index (χ3n) is 4.95. The molecule has 1 saturated heterocycles. The molecule has 3 rings (SSSR count). The molecule has 1 aliphatic heterocycles. The van der Waals surface area contributed by atoms with Crippen LogP contribution in [0.5, 0.6) is 0 Å². The second kappa shape index (κ2) is 7.70. The first-order valence-corrected chi connectivity index (χ1v) is 8.77. The molecule has 0 unspecified atom stereocenters. The summed E-state index contributed by atoms with van der Waals surface area (Å²) in [4.78, 5) is 24.0. The highest BCUT2D eigenvalue weighted by atomic mass is 16.5. The number of anilines is 1. The van der Waals surface area contributed by atoms with E-state index in [4.69, 9.17) is 9.84 Å². The number of carboxylic acid groups (broad SMARTS) is 1. The van der Waals surface area contributed by atoms with E-state index in [2.05, 4.69) is 5.32 Å². The minimum absolute atomic E-state index is 0.0289. The first-order valence-electron chi connectivity index (χ1n) is 8.77. The van der Waals surface area contributed by atoms with E-state index in [1.54, 1.807) is 24.3 Å². The fraction of sp³-hybridized carbons (Fsp3) is 0.333. The Kier molecular flexibility index (Phi) is 5.38. The monoisotopic (exact) mass is 353 g/mol. The number of carbonyl (C=O) groups is 2. The van der Waals surface area contributed by atoms with Crippen molar-refractivity contribution in [3.8, 4) is 0 Å². The molecule has 0 bridgehead atoms. The van der Waals surface area contributed by atoms with Gasteiger partial charge in [0.15, 0.2) is 0 Å². The Bertz CT molecular complexity index is 775. The topological polar surface area (TPSA) is 75.6 Å². The smallest absolute Gasteiger partial charge is 0.307 e. The number of ether oxygens (including phenoxy) is 1. The van der Waals surface area contributed by atoms with Crippen molar-refractivity contribution in [2.45, 2.75) is 31.6 Å². The predicted octanol–water partition coefficient (Wildman–Crippen LogP) is 3.31. The van der Waals surface area contributed by atoms with Gasteiger partial charge in [0.1, 0.15) is 0 Å². The van der Waals surface area contributed by atoms with Crippen molar-refractivity contribution in [1.82, 2.24) is 0 Å². The molecule has 1 fully saturated rings. The van der Waals surface area contributed by atoms with Gasteiger partial charge in [-0.15, -0.1) is 0 Å². The zero-order chi connectivity index (χ0) is 18.6. The second-order valence-corrected chi connectivity index (χ2v) is 6.78. The number of carboxylic acids is 1. The van der Waals surface area contributed by atoms with Crippen molar-refractivity contribution < 1.29 is 19.4 Å². The number of hydrogen-bond acceptors (Lipinski definition) is 3. The molecule has 5 nitrogen and oxygen atoms in total. The summed E-state index contributed by atoms with van der Waals surface area (Å²) >= 11 is 0. The van der Waals surface area contributed by atoms with Gasteiger partial charge in [0.2, 0.25) is 5.91 Å². The van der Waals surface area contributed by atoms with Crippen LogP contribution in [-0.2, 0) is 26.2 Å². The molecule has 0 atom stereocenters. The lowest BCUT2D eigenvalue weighted by atomic mass is 9.73. The molecule has 1 amide bonds. The number of aliphatic carboxylic acids is 1. The number of amides is 1. The molecule has 2 N–H and O–H groups in total. The second-order valence-electron chi connectivity index (χ2n) is 6.78. The Morgan fingerprint density at radius 2 is 1.65 bits per heavy atom. The highest BCUT2D eigenvalue weighted by molar-refractivity contribution is 5.99. The van der Waals surface area contributed by atoms with E-state index in [-0.39, 0.29) is 12.3 Å². The van der Waals surface area contributed by atoms with Crippen LogP contribution < -0.4 is 5.32 Å². The van der Waals surface area contributed by atoms with E-state index >= 15 is 0 Å². The summed E-state index contributed by atoms with van der Waals surface area (Å²) in [6, 6.07) is 15.1. The van der Waals surface area contributed by atoms with Crippen molar-refractivity contribution in [3.05, 3.63) is 65.2 Å². The predicted molar refractivity (Wildman–Crippen MR) is 99.3 cm³/mol. The van der Waals surface area contributed by atoms with Crippen molar-refractivity contribution in [2.75, 3.05) is 18.5 Å². The highest BCUT2D eigenvalue weighted by Crippen LogP contribution is 2.36. The summed E-state index contributed by atoms with van der Waals surface area (Å²) < 4.78 is 5.49. The van der Waals surface area contributed by atoms with E-state index in [0.717, 1.165) is 11.1 Å². The molecule has 1 heterocycles. The molecular formula is C21H23NO4. The van der Waals surface area contributed by atoms with E-state index in [1.165, 1.54) is 0 Å². The van der Waals surface area contributed by atoms with Crippen LogP contribution in [0.3, 0.4) is 0 Å². The Hall–Kier alpha value is -2.66. The SMILES string of the molecule is Cc1ccc(C2(C(=O)Nc3ccc(CC(=O)O)cc3)CCOCC2)cc1. The third-order valence-corrected chi connectivity index (χ3v) is 4.95. The van der Waals surface area contributed by atoms with Gasteiger partial charge in [-0.1, -0.05) is 42.0 Å². The summed E-state index contributed by atoms with van der Waals surface area (Å²) in [5.41, 5.74) is 2.93. The Morgan fingerprint density at radius 3 is 2.23 bits per heavy atom. The standard InChI is InChI=1S/C21H23NO4/c1-15-2-6-17(7-3-15)21(10-12-26-13-11-21)20(25)22-18-8-4-16(5-9-18)14-19(23)24/h2-9H,10-14H2,1H3,(H,22,25)(H,23,24). The summed E-state index contributed by atoms with van der Waals surface area (Å²) in [7, 11) is 0. The van der Waals surface area contributed by atoms with Gasteiger partial charge in [-0.25, -0.2) is 0 Å². The minimum atomic E-state index is -0.873. The zero-order valence-corrected chi connectivity index (χ0v) is 14.8. The fourth-order valence-corrected chi connectivity index (χ4v) is 3.37. The first-order chi connectivity index (χ1) is 12.5. The van der Waals surface area contributed by atoms with Gasteiger partial charge < -0.3 is 15.2 Å². The van der Waals surface area contributed by atoms with Crippen molar-refractivity contribution >= 4 is 17.6 Å². The van der Waals surface area contributed by atoms with Gasteiger partial charge in [-0.3, -0.25) is 9.59 Å². The van der Waals surface area contributed by atoms with Crippen molar-refractivity contribution in [1.29, 1.82) is 0 Å². The number of hydrogen-bond donors (Lipinski definition) is 2. The van der Waals surface area contributed by atoms with Crippen LogP contribution >= 0.6 is 0 Å². The van der Waals surface area contributed by atoms with Gasteiger partial charge in [-0.05, 0) is 43.0 Å². The average molecular weight is 353 g/mol. The molecule has 0 aliphatic carbocycles. The van der Waals surface area contributed by atoms with Gasteiger partial charge in [-0.2, -0.15) is 0 Å². The molecule has 0 spiro atoms. The maximum atomic E-state index is 13.2. The highest BCUT2D eigenvalue weighted by Gasteiger charge is 2.41. The molecule has 5 heteroatoms. The molecule has 2 aromatic rings. The van der Waals surface area contributed by atoms with Crippen molar-refractivity contribution in [3.63, 3.8) is 0 Å². The van der Waals surface area contributed by atoms with Crippen LogP contribution in [0.2, 0.25) is 0 Å². The van der Waals surface area contributed by atoms with Crippen LogP contribution in [0.1, 0.15) is 29.5 Å². The first kappa shape index (κ1) is 18.1. The molecule has 2 aromatic carbocycles. The zero-order valence-electron chi connectivity index (χ0n) is 14.8. The molecule has 136 valence electrons. The average Bonchev–Trinajstić information content (AvgIpc) is 2.64.